The number of fused-ring (bicyclic) bond motifs is 1. The lowest BCUT2D eigenvalue weighted by Crippen LogP contribution is -2.25. The van der Waals surface area contributed by atoms with Crippen molar-refractivity contribution in [1.82, 2.24) is 25.0 Å². The summed E-state index contributed by atoms with van der Waals surface area (Å²) in [5.74, 6) is 0.278. The van der Waals surface area contributed by atoms with Crippen LogP contribution in [0.15, 0.2) is 54.7 Å². The van der Waals surface area contributed by atoms with E-state index >= 15 is 0 Å². The third-order valence-corrected chi connectivity index (χ3v) is 5.83. The highest BCUT2D eigenvalue weighted by atomic mass is 16.5. The van der Waals surface area contributed by atoms with Gasteiger partial charge in [-0.2, -0.15) is 14.9 Å². The Hall–Kier alpha value is -4.60. The molecule has 1 aliphatic heterocycles. The number of hydrogen-bond donors (Lipinski definition) is 2. The number of hydrogen-bond acceptors (Lipinski definition) is 7. The number of nitrogens with two attached hydrogens (primary N) is 1. The SMILES string of the molecule is Cc1ccc(-c2cnnc(-n3nc(C)c4c3NC(=O)CC4c3cccc(OCC(N)=O)c3)n2)cc1. The average Bonchev–Trinajstić information content (AvgIpc) is 3.19. The van der Waals surface area contributed by atoms with E-state index in [4.69, 9.17) is 10.5 Å². The molecule has 1 atom stereocenters. The molecular formula is C25H23N7O3. The molecule has 1 unspecified atom stereocenters. The van der Waals surface area contributed by atoms with Gasteiger partial charge in [-0.1, -0.05) is 42.0 Å². The predicted molar refractivity (Wildman–Crippen MR) is 128 cm³/mol. The van der Waals surface area contributed by atoms with Crippen LogP contribution in [0.1, 0.15) is 34.7 Å². The molecule has 3 N–H and O–H groups in total. The maximum atomic E-state index is 12.7. The van der Waals surface area contributed by atoms with Crippen LogP contribution in [0, 0.1) is 13.8 Å². The van der Waals surface area contributed by atoms with Gasteiger partial charge in [0.1, 0.15) is 11.6 Å². The molecule has 5 rings (SSSR count). The van der Waals surface area contributed by atoms with E-state index in [1.165, 1.54) is 4.68 Å². The minimum atomic E-state index is -0.562. The normalized spacial score (nSPS) is 14.8. The van der Waals surface area contributed by atoms with E-state index < -0.39 is 5.91 Å². The summed E-state index contributed by atoms with van der Waals surface area (Å²) < 4.78 is 6.98. The third kappa shape index (κ3) is 4.45. The molecule has 0 saturated carbocycles. The lowest BCUT2D eigenvalue weighted by atomic mass is 9.86. The van der Waals surface area contributed by atoms with Gasteiger partial charge < -0.3 is 15.8 Å². The average molecular weight is 470 g/mol. The van der Waals surface area contributed by atoms with E-state index in [-0.39, 0.29) is 30.8 Å². The number of benzene rings is 2. The van der Waals surface area contributed by atoms with Gasteiger partial charge in [0.15, 0.2) is 6.61 Å². The van der Waals surface area contributed by atoms with E-state index in [0.717, 1.165) is 27.9 Å². The van der Waals surface area contributed by atoms with Gasteiger partial charge in [0.2, 0.25) is 5.91 Å². The van der Waals surface area contributed by atoms with Crippen molar-refractivity contribution >= 4 is 17.6 Å². The zero-order chi connectivity index (χ0) is 24.5. The van der Waals surface area contributed by atoms with E-state index in [1.54, 1.807) is 12.3 Å². The Labute approximate surface area is 201 Å². The van der Waals surface area contributed by atoms with Crippen LogP contribution in [0.5, 0.6) is 5.75 Å². The minimum Gasteiger partial charge on any atom is -0.484 e. The molecule has 0 fully saturated rings. The monoisotopic (exact) mass is 469 g/mol. The number of aryl methyl sites for hydroxylation is 2. The molecule has 0 aliphatic carbocycles. The molecule has 176 valence electrons. The Bertz CT molecular complexity index is 1430. The Kier molecular flexibility index (Phi) is 5.69. The fourth-order valence-electron chi connectivity index (χ4n) is 4.20. The van der Waals surface area contributed by atoms with Crippen molar-refractivity contribution in [2.75, 3.05) is 11.9 Å². The summed E-state index contributed by atoms with van der Waals surface area (Å²) >= 11 is 0. The van der Waals surface area contributed by atoms with Gasteiger partial charge in [-0.15, -0.1) is 5.10 Å². The number of nitrogens with one attached hydrogen (secondary N) is 1. The van der Waals surface area contributed by atoms with E-state index in [9.17, 15) is 9.59 Å². The summed E-state index contributed by atoms with van der Waals surface area (Å²) in [6.07, 6.45) is 1.83. The number of primary amides is 1. The third-order valence-electron chi connectivity index (χ3n) is 5.83. The van der Waals surface area contributed by atoms with E-state index in [0.29, 0.717) is 17.3 Å². The molecule has 0 saturated heterocycles. The molecule has 4 aromatic rings. The van der Waals surface area contributed by atoms with Gasteiger partial charge in [-0.25, -0.2) is 4.98 Å². The molecule has 2 amide bonds. The maximum Gasteiger partial charge on any atom is 0.272 e. The van der Waals surface area contributed by atoms with Crippen LogP contribution in [0.2, 0.25) is 0 Å². The topological polar surface area (TPSA) is 138 Å². The van der Waals surface area contributed by atoms with Gasteiger partial charge in [0.25, 0.3) is 11.9 Å². The molecule has 2 aromatic heterocycles. The van der Waals surface area contributed by atoms with Crippen molar-refractivity contribution in [2.45, 2.75) is 26.2 Å². The van der Waals surface area contributed by atoms with Crippen molar-refractivity contribution in [2.24, 2.45) is 5.73 Å². The largest absolute Gasteiger partial charge is 0.484 e. The van der Waals surface area contributed by atoms with Gasteiger partial charge in [0.05, 0.1) is 17.6 Å². The van der Waals surface area contributed by atoms with Crippen LogP contribution < -0.4 is 15.8 Å². The molecule has 1 aliphatic rings. The fourth-order valence-corrected chi connectivity index (χ4v) is 4.20. The highest BCUT2D eigenvalue weighted by Crippen LogP contribution is 2.40. The zero-order valence-corrected chi connectivity index (χ0v) is 19.2. The standard InChI is InChI=1S/C25H23N7O3/c1-14-6-8-16(9-7-14)20-12-27-30-25(28-20)32-24-23(15(2)31-32)19(11-22(34)29-24)17-4-3-5-18(10-17)35-13-21(26)33/h3-10,12,19H,11,13H2,1-2H3,(H2,26,33)(H,29,34). The van der Waals surface area contributed by atoms with E-state index in [1.807, 2.05) is 56.3 Å². The van der Waals surface area contributed by atoms with Crippen LogP contribution in [-0.4, -0.2) is 43.4 Å². The number of anilines is 1. The van der Waals surface area contributed by atoms with Crippen molar-refractivity contribution < 1.29 is 14.3 Å². The molecule has 0 spiro atoms. The molecule has 35 heavy (non-hydrogen) atoms. The van der Waals surface area contributed by atoms with Crippen molar-refractivity contribution in [3.63, 3.8) is 0 Å². The second-order valence-electron chi connectivity index (χ2n) is 8.40. The molecule has 10 heteroatoms. The summed E-state index contributed by atoms with van der Waals surface area (Å²) in [4.78, 5) is 28.5. The summed E-state index contributed by atoms with van der Waals surface area (Å²) in [6.45, 7) is 3.67. The molecule has 0 radical (unpaired) electrons. The van der Waals surface area contributed by atoms with Gasteiger partial charge in [-0.3, -0.25) is 9.59 Å². The first-order valence-corrected chi connectivity index (χ1v) is 11.1. The first kappa shape index (κ1) is 22.2. The molecule has 3 heterocycles. The van der Waals surface area contributed by atoms with Crippen LogP contribution >= 0.6 is 0 Å². The number of carbonyl (C=O) groups is 2. The molecule has 0 bridgehead atoms. The van der Waals surface area contributed by atoms with Crippen molar-refractivity contribution in [3.05, 3.63) is 77.1 Å². The predicted octanol–water partition coefficient (Wildman–Crippen LogP) is 2.68. The number of aromatic nitrogens is 5. The second kappa shape index (κ2) is 8.98. The Balaban J connectivity index is 1.54. The van der Waals surface area contributed by atoms with Gasteiger partial charge in [0, 0.05) is 23.5 Å². The van der Waals surface area contributed by atoms with Crippen molar-refractivity contribution in [1.29, 1.82) is 0 Å². The number of rotatable bonds is 6. The highest BCUT2D eigenvalue weighted by Gasteiger charge is 2.33. The smallest absolute Gasteiger partial charge is 0.272 e. The number of nitrogens with zero attached hydrogens (tertiary/aromatic N) is 5. The Morgan fingerprint density at radius 1 is 1.20 bits per heavy atom. The van der Waals surface area contributed by atoms with Gasteiger partial charge >= 0.3 is 0 Å². The Morgan fingerprint density at radius 2 is 2.00 bits per heavy atom. The lowest BCUT2D eigenvalue weighted by Gasteiger charge is -2.24. The van der Waals surface area contributed by atoms with Crippen LogP contribution in [0.3, 0.4) is 0 Å². The van der Waals surface area contributed by atoms with E-state index in [2.05, 4.69) is 25.6 Å². The molecule has 10 nitrogen and oxygen atoms in total. The van der Waals surface area contributed by atoms with Crippen LogP contribution in [-0.2, 0) is 9.59 Å². The second-order valence-corrected chi connectivity index (χ2v) is 8.40. The van der Waals surface area contributed by atoms with Crippen LogP contribution in [0.25, 0.3) is 17.2 Å². The zero-order valence-electron chi connectivity index (χ0n) is 19.2. The highest BCUT2D eigenvalue weighted by molar-refractivity contribution is 5.95. The number of ether oxygens (including phenoxy) is 1. The fraction of sp³-hybridized carbons (Fsp3) is 0.200. The summed E-state index contributed by atoms with van der Waals surface area (Å²) in [7, 11) is 0. The maximum absolute atomic E-state index is 12.7. The quantitative estimate of drug-likeness (QED) is 0.443. The lowest BCUT2D eigenvalue weighted by molar-refractivity contribution is -0.120. The Morgan fingerprint density at radius 3 is 2.77 bits per heavy atom. The number of amides is 2. The first-order valence-electron chi connectivity index (χ1n) is 11.1. The molecule has 2 aromatic carbocycles. The van der Waals surface area contributed by atoms with Gasteiger partial charge in [-0.05, 0) is 31.5 Å². The summed E-state index contributed by atoms with van der Waals surface area (Å²) in [5, 5.41) is 15.9. The van der Waals surface area contributed by atoms with Crippen LogP contribution in [0.4, 0.5) is 5.82 Å². The van der Waals surface area contributed by atoms with Crippen molar-refractivity contribution in [3.8, 4) is 23.0 Å². The number of carbonyl (C=O) groups excluding carboxylic acids is 2. The summed E-state index contributed by atoms with van der Waals surface area (Å²) in [6, 6.07) is 15.2. The minimum absolute atomic E-state index is 0.158. The summed E-state index contributed by atoms with van der Waals surface area (Å²) in [5.41, 5.74) is 10.3. The first-order chi connectivity index (χ1) is 16.9. The molecular weight excluding hydrogens is 446 g/mol.